The number of thiazole rings is 1. The summed E-state index contributed by atoms with van der Waals surface area (Å²) in [5.74, 6) is -0.319. The molecule has 6 nitrogen and oxygen atoms in total. The fraction of sp³-hybridized carbons (Fsp3) is 0.412. The number of nitrogens with zero attached hydrogens (tertiary/aromatic N) is 1. The van der Waals surface area contributed by atoms with Crippen molar-refractivity contribution < 1.29 is 13.2 Å². The van der Waals surface area contributed by atoms with Gasteiger partial charge in [-0.25, -0.2) is 18.1 Å². The summed E-state index contributed by atoms with van der Waals surface area (Å²) in [5.41, 5.74) is 0.317. The molecule has 1 aliphatic rings. The van der Waals surface area contributed by atoms with Gasteiger partial charge in [-0.3, -0.25) is 4.79 Å². The number of amides is 1. The Labute approximate surface area is 151 Å². The molecule has 1 unspecified atom stereocenters. The van der Waals surface area contributed by atoms with Crippen molar-refractivity contribution in [1.29, 1.82) is 0 Å². The third-order valence-corrected chi connectivity index (χ3v) is 6.73. The summed E-state index contributed by atoms with van der Waals surface area (Å²) in [6.45, 7) is 1.85. The molecule has 2 aromatic rings. The van der Waals surface area contributed by atoms with Gasteiger partial charge < -0.3 is 5.32 Å². The van der Waals surface area contributed by atoms with Crippen LogP contribution in [0.2, 0.25) is 0 Å². The van der Waals surface area contributed by atoms with Crippen LogP contribution < -0.4 is 10.0 Å². The van der Waals surface area contributed by atoms with E-state index in [0.29, 0.717) is 5.56 Å². The van der Waals surface area contributed by atoms with E-state index in [0.717, 1.165) is 30.7 Å². The first-order chi connectivity index (χ1) is 12.0. The molecule has 1 atom stereocenters. The third-order valence-electron chi connectivity index (χ3n) is 4.25. The van der Waals surface area contributed by atoms with E-state index < -0.39 is 10.0 Å². The van der Waals surface area contributed by atoms with Gasteiger partial charge >= 0.3 is 0 Å². The zero-order chi connectivity index (χ0) is 17.9. The van der Waals surface area contributed by atoms with Crippen LogP contribution in [0.25, 0.3) is 0 Å². The third kappa shape index (κ3) is 4.45. The van der Waals surface area contributed by atoms with Crippen LogP contribution in [0, 0.1) is 0 Å². The molecule has 0 radical (unpaired) electrons. The molecule has 1 aromatic heterocycles. The number of hydrogen-bond acceptors (Lipinski definition) is 5. The van der Waals surface area contributed by atoms with Gasteiger partial charge in [-0.05, 0) is 38.0 Å². The van der Waals surface area contributed by atoms with E-state index in [1.807, 2.05) is 12.3 Å². The van der Waals surface area contributed by atoms with Gasteiger partial charge in [0.15, 0.2) is 0 Å². The lowest BCUT2D eigenvalue weighted by molar-refractivity contribution is 0.0939. The fourth-order valence-electron chi connectivity index (χ4n) is 2.93. The summed E-state index contributed by atoms with van der Waals surface area (Å²) < 4.78 is 27.8. The standard InChI is InChI=1S/C17H21N3O3S2/c1-12(17-18-9-10-24-17)19-16(21)13-5-4-8-15(11-13)25(22,23)20-14-6-2-3-7-14/h4-5,8-12,14,20H,2-3,6-7H2,1H3,(H,19,21). The summed E-state index contributed by atoms with van der Waals surface area (Å²) in [6, 6.07) is 5.89. The second kappa shape index (κ2) is 7.63. The fourth-order valence-corrected chi connectivity index (χ4v) is 4.92. The molecule has 1 amide bonds. The lowest BCUT2D eigenvalue weighted by atomic mass is 10.2. The van der Waals surface area contributed by atoms with E-state index in [9.17, 15) is 13.2 Å². The van der Waals surface area contributed by atoms with Gasteiger partial charge in [0.1, 0.15) is 5.01 Å². The molecular weight excluding hydrogens is 358 g/mol. The number of carbonyl (C=O) groups is 1. The Morgan fingerprint density at radius 3 is 2.76 bits per heavy atom. The molecule has 134 valence electrons. The molecule has 0 bridgehead atoms. The van der Waals surface area contributed by atoms with E-state index in [4.69, 9.17) is 0 Å². The van der Waals surface area contributed by atoms with Crippen molar-refractivity contribution in [2.75, 3.05) is 0 Å². The van der Waals surface area contributed by atoms with Crippen LogP contribution >= 0.6 is 11.3 Å². The molecule has 1 fully saturated rings. The molecule has 0 aliphatic heterocycles. The molecule has 1 heterocycles. The molecular formula is C17H21N3O3S2. The second-order valence-electron chi connectivity index (χ2n) is 6.20. The van der Waals surface area contributed by atoms with E-state index in [1.165, 1.54) is 23.5 Å². The van der Waals surface area contributed by atoms with Crippen molar-refractivity contribution in [3.63, 3.8) is 0 Å². The van der Waals surface area contributed by atoms with Gasteiger partial charge in [0, 0.05) is 23.2 Å². The number of nitrogens with one attached hydrogen (secondary N) is 2. The molecule has 25 heavy (non-hydrogen) atoms. The zero-order valence-electron chi connectivity index (χ0n) is 13.9. The predicted molar refractivity (Wildman–Crippen MR) is 97.0 cm³/mol. The average molecular weight is 380 g/mol. The smallest absolute Gasteiger partial charge is 0.251 e. The maximum absolute atomic E-state index is 12.5. The van der Waals surface area contributed by atoms with Gasteiger partial charge in [-0.15, -0.1) is 11.3 Å². The van der Waals surface area contributed by atoms with Crippen LogP contribution in [0.1, 0.15) is 54.0 Å². The topological polar surface area (TPSA) is 88.2 Å². The van der Waals surface area contributed by atoms with Crippen LogP contribution in [0.5, 0.6) is 0 Å². The molecule has 0 saturated heterocycles. The van der Waals surface area contributed by atoms with E-state index >= 15 is 0 Å². The average Bonchev–Trinajstić information content (AvgIpc) is 3.28. The van der Waals surface area contributed by atoms with Crippen molar-refractivity contribution in [2.24, 2.45) is 0 Å². The molecule has 1 saturated carbocycles. The van der Waals surface area contributed by atoms with Gasteiger partial charge in [-0.2, -0.15) is 0 Å². The normalized spacial score (nSPS) is 16.7. The summed E-state index contributed by atoms with van der Waals surface area (Å²) in [7, 11) is -3.61. The van der Waals surface area contributed by atoms with Crippen molar-refractivity contribution in [3.05, 3.63) is 46.4 Å². The highest BCUT2D eigenvalue weighted by atomic mass is 32.2. The Hall–Kier alpha value is -1.77. The summed E-state index contributed by atoms with van der Waals surface area (Å²) in [4.78, 5) is 16.7. The number of aromatic nitrogens is 1. The summed E-state index contributed by atoms with van der Waals surface area (Å²) in [6.07, 6.45) is 5.51. The largest absolute Gasteiger partial charge is 0.343 e. The zero-order valence-corrected chi connectivity index (χ0v) is 15.6. The van der Waals surface area contributed by atoms with Crippen molar-refractivity contribution >= 4 is 27.3 Å². The highest BCUT2D eigenvalue weighted by Crippen LogP contribution is 2.21. The van der Waals surface area contributed by atoms with Gasteiger partial charge in [0.2, 0.25) is 10.0 Å². The number of benzene rings is 1. The minimum absolute atomic E-state index is 0.00703. The molecule has 8 heteroatoms. The lowest BCUT2D eigenvalue weighted by Gasteiger charge is -2.14. The Bertz CT molecular complexity index is 829. The number of hydrogen-bond donors (Lipinski definition) is 2. The minimum Gasteiger partial charge on any atom is -0.343 e. The van der Waals surface area contributed by atoms with Gasteiger partial charge in [0.05, 0.1) is 10.9 Å². The monoisotopic (exact) mass is 379 g/mol. The highest BCUT2D eigenvalue weighted by molar-refractivity contribution is 7.89. The summed E-state index contributed by atoms with van der Waals surface area (Å²) in [5, 5.41) is 5.50. The molecule has 2 N–H and O–H groups in total. The first kappa shape index (κ1) is 18.0. The molecule has 0 spiro atoms. The SMILES string of the molecule is CC(NC(=O)c1cccc(S(=O)(=O)NC2CCCC2)c1)c1nccs1. The van der Waals surface area contributed by atoms with Crippen molar-refractivity contribution in [1.82, 2.24) is 15.0 Å². The molecule has 1 aromatic carbocycles. The van der Waals surface area contributed by atoms with Gasteiger partial charge in [-0.1, -0.05) is 18.9 Å². The number of carbonyl (C=O) groups excluding carboxylic acids is 1. The van der Waals surface area contributed by atoms with Gasteiger partial charge in [0.25, 0.3) is 5.91 Å². The Morgan fingerprint density at radius 1 is 1.32 bits per heavy atom. The van der Waals surface area contributed by atoms with Crippen molar-refractivity contribution in [3.8, 4) is 0 Å². The van der Waals surface area contributed by atoms with E-state index in [2.05, 4.69) is 15.0 Å². The first-order valence-corrected chi connectivity index (χ1v) is 10.6. The van der Waals surface area contributed by atoms with E-state index in [1.54, 1.807) is 18.3 Å². The highest BCUT2D eigenvalue weighted by Gasteiger charge is 2.23. The maximum atomic E-state index is 12.5. The predicted octanol–water partition coefficient (Wildman–Crippen LogP) is 2.86. The quantitative estimate of drug-likeness (QED) is 0.808. The van der Waals surface area contributed by atoms with Crippen LogP contribution in [0.3, 0.4) is 0 Å². The number of sulfonamides is 1. The molecule has 3 rings (SSSR count). The molecule has 1 aliphatic carbocycles. The van der Waals surface area contributed by atoms with Crippen LogP contribution in [0.15, 0.2) is 40.7 Å². The van der Waals surface area contributed by atoms with Crippen LogP contribution in [-0.4, -0.2) is 25.4 Å². The summed E-state index contributed by atoms with van der Waals surface area (Å²) >= 11 is 1.46. The Morgan fingerprint density at radius 2 is 2.08 bits per heavy atom. The minimum atomic E-state index is -3.61. The Balaban J connectivity index is 1.73. The van der Waals surface area contributed by atoms with Crippen LogP contribution in [0.4, 0.5) is 0 Å². The van der Waals surface area contributed by atoms with Crippen LogP contribution in [-0.2, 0) is 10.0 Å². The number of rotatable bonds is 6. The first-order valence-electron chi connectivity index (χ1n) is 8.28. The van der Waals surface area contributed by atoms with Crippen molar-refractivity contribution in [2.45, 2.75) is 49.6 Å². The maximum Gasteiger partial charge on any atom is 0.251 e. The van der Waals surface area contributed by atoms with E-state index in [-0.39, 0.29) is 22.9 Å². The second-order valence-corrected chi connectivity index (χ2v) is 8.84. The lowest BCUT2D eigenvalue weighted by Crippen LogP contribution is -2.33. The Kier molecular flexibility index (Phi) is 5.51.